The Balaban J connectivity index is 2.77. The van der Waals surface area contributed by atoms with E-state index in [0.717, 1.165) is 0 Å². The van der Waals surface area contributed by atoms with Crippen molar-refractivity contribution in [2.45, 2.75) is 6.92 Å². The number of aromatic amines is 1. The minimum absolute atomic E-state index is 0.373. The second-order valence-corrected chi connectivity index (χ2v) is 1.63. The quantitative estimate of drug-likeness (QED) is 0.252. The molecular weight excluding hydrogens is 148 g/mol. The van der Waals surface area contributed by atoms with E-state index in [1.165, 1.54) is 0 Å². The van der Waals surface area contributed by atoms with Crippen molar-refractivity contribution in [3.8, 4) is 0 Å². The highest BCUT2D eigenvalue weighted by molar-refractivity contribution is 5.94. The molecule has 1 heterocycles. The number of nitrogens with two attached hydrogens (primary N) is 1. The van der Waals surface area contributed by atoms with Crippen molar-refractivity contribution in [1.82, 2.24) is 20.6 Å². The highest BCUT2D eigenvalue weighted by Gasteiger charge is 2.00. The lowest BCUT2D eigenvalue weighted by molar-refractivity contribution is 0.881. The van der Waals surface area contributed by atoms with Gasteiger partial charge in [0.2, 0.25) is 5.82 Å². The first-order valence-corrected chi connectivity index (χ1v) is 2.73. The lowest BCUT2D eigenvalue weighted by Gasteiger charge is -1.83. The maximum atomic E-state index is 4.72. The molecule has 0 bridgehead atoms. The number of hydrogen-bond acceptors (Lipinski definition) is 5. The van der Waals surface area contributed by atoms with Gasteiger partial charge in [0.1, 0.15) is 5.71 Å². The molecule has 0 aliphatic heterocycles. The van der Waals surface area contributed by atoms with Crippen LogP contribution in [0, 0.1) is 0 Å². The van der Waals surface area contributed by atoms with Gasteiger partial charge in [-0.15, -0.1) is 15.3 Å². The van der Waals surface area contributed by atoms with E-state index in [1.807, 2.05) is 0 Å². The fraction of sp³-hybridized carbons (Fsp3) is 0.333. The molecule has 8 heteroatoms. The van der Waals surface area contributed by atoms with E-state index in [-0.39, 0.29) is 0 Å². The number of aromatic nitrogens is 4. The van der Waals surface area contributed by atoms with Crippen LogP contribution in [0.4, 0.5) is 0 Å². The molecule has 0 atom stereocenters. The van der Waals surface area contributed by atoms with Crippen molar-refractivity contribution in [2.75, 3.05) is 0 Å². The van der Waals surface area contributed by atoms with Crippen LogP contribution in [0.3, 0.4) is 0 Å². The molecule has 58 valence electrons. The molecule has 0 saturated carbocycles. The Morgan fingerprint density at radius 1 is 1.64 bits per heavy atom. The molecule has 1 aromatic heterocycles. The molecule has 1 rings (SSSR count). The molecular formula is C3H6N8. The van der Waals surface area contributed by atoms with Gasteiger partial charge in [0, 0.05) is 0 Å². The SMILES string of the molecule is C/C(=N\N=N/N)c1nn[nH]n1. The van der Waals surface area contributed by atoms with E-state index >= 15 is 0 Å². The van der Waals surface area contributed by atoms with Crippen molar-refractivity contribution in [3.63, 3.8) is 0 Å². The minimum atomic E-state index is 0.373. The number of rotatable bonds is 2. The summed E-state index contributed by atoms with van der Waals surface area (Å²) in [7, 11) is 0. The topological polar surface area (TPSA) is 118 Å². The number of H-pyrrole nitrogens is 1. The molecule has 0 saturated heterocycles. The van der Waals surface area contributed by atoms with Gasteiger partial charge in [0.05, 0.1) is 0 Å². The van der Waals surface area contributed by atoms with Gasteiger partial charge in [-0.25, -0.2) is 0 Å². The van der Waals surface area contributed by atoms with Crippen molar-refractivity contribution < 1.29 is 0 Å². The van der Waals surface area contributed by atoms with Gasteiger partial charge >= 0.3 is 0 Å². The summed E-state index contributed by atoms with van der Waals surface area (Å²) in [4.78, 5) is 0. The number of hydrogen-bond donors (Lipinski definition) is 2. The van der Waals surface area contributed by atoms with E-state index in [9.17, 15) is 0 Å². The first kappa shape index (κ1) is 7.25. The van der Waals surface area contributed by atoms with Crippen molar-refractivity contribution in [1.29, 1.82) is 0 Å². The predicted octanol–water partition coefficient (Wildman–Crippen LogP) is -0.750. The van der Waals surface area contributed by atoms with Gasteiger partial charge in [-0.3, -0.25) is 0 Å². The summed E-state index contributed by atoms with van der Waals surface area (Å²) in [6.45, 7) is 1.67. The highest BCUT2D eigenvalue weighted by Crippen LogP contribution is 1.88. The molecule has 0 spiro atoms. The summed E-state index contributed by atoms with van der Waals surface area (Å²) in [5, 5.41) is 22.6. The summed E-state index contributed by atoms with van der Waals surface area (Å²) in [5.41, 5.74) is 0.493. The summed E-state index contributed by atoms with van der Waals surface area (Å²) in [6.07, 6.45) is 0. The van der Waals surface area contributed by atoms with Crippen LogP contribution >= 0.6 is 0 Å². The minimum Gasteiger partial charge on any atom is -0.303 e. The Hall–Kier alpha value is -1.86. The largest absolute Gasteiger partial charge is 0.303 e. The van der Waals surface area contributed by atoms with E-state index < -0.39 is 0 Å². The molecule has 0 fully saturated rings. The zero-order valence-electron chi connectivity index (χ0n) is 5.76. The van der Waals surface area contributed by atoms with E-state index in [2.05, 4.69) is 36.2 Å². The standard InChI is InChI=1S/C3H6N8/c1-2(5-9-8-4)3-6-10-11-7-3/h1H3,(H2,4,9)(H,6,7,10,11)/b5-2+. The van der Waals surface area contributed by atoms with Gasteiger partial charge in [-0.2, -0.15) is 5.21 Å². The van der Waals surface area contributed by atoms with Crippen molar-refractivity contribution >= 4 is 5.71 Å². The maximum Gasteiger partial charge on any atom is 0.220 e. The number of tetrazole rings is 1. The Labute approximate surface area is 61.6 Å². The van der Waals surface area contributed by atoms with Gasteiger partial charge in [-0.05, 0) is 17.4 Å². The lowest BCUT2D eigenvalue weighted by Crippen LogP contribution is -1.96. The van der Waals surface area contributed by atoms with Crippen LogP contribution in [0.1, 0.15) is 12.7 Å². The molecule has 8 nitrogen and oxygen atoms in total. The number of nitrogens with zero attached hydrogens (tertiary/aromatic N) is 6. The molecule has 3 N–H and O–H groups in total. The van der Waals surface area contributed by atoms with E-state index in [1.54, 1.807) is 6.92 Å². The van der Waals surface area contributed by atoms with Crippen LogP contribution in [0.2, 0.25) is 0 Å². The third kappa shape index (κ3) is 1.78. The van der Waals surface area contributed by atoms with Crippen LogP contribution in [0.15, 0.2) is 15.5 Å². The molecule has 1 aromatic rings. The van der Waals surface area contributed by atoms with Gasteiger partial charge in [-0.1, -0.05) is 5.22 Å². The van der Waals surface area contributed by atoms with Crippen LogP contribution in [0.5, 0.6) is 0 Å². The second-order valence-electron chi connectivity index (χ2n) is 1.63. The molecule has 11 heavy (non-hydrogen) atoms. The third-order valence-electron chi connectivity index (χ3n) is 0.915. The smallest absolute Gasteiger partial charge is 0.220 e. The molecule has 0 amide bonds. The van der Waals surface area contributed by atoms with Crippen molar-refractivity contribution in [2.24, 2.45) is 21.4 Å². The summed E-state index contributed by atoms with van der Waals surface area (Å²) < 4.78 is 0. The fourth-order valence-electron chi connectivity index (χ4n) is 0.453. The third-order valence-corrected chi connectivity index (χ3v) is 0.915. The first-order chi connectivity index (χ1) is 5.34. The number of nitrogens with one attached hydrogen (secondary N) is 1. The molecule has 0 radical (unpaired) electrons. The molecule has 0 aromatic carbocycles. The first-order valence-electron chi connectivity index (χ1n) is 2.73. The Morgan fingerprint density at radius 2 is 2.45 bits per heavy atom. The highest BCUT2D eigenvalue weighted by atomic mass is 15.5. The monoisotopic (exact) mass is 154 g/mol. The fourth-order valence-corrected chi connectivity index (χ4v) is 0.453. The average molecular weight is 154 g/mol. The summed E-state index contributed by atoms with van der Waals surface area (Å²) in [5.74, 6) is 5.09. The Morgan fingerprint density at radius 3 is 3.00 bits per heavy atom. The van der Waals surface area contributed by atoms with Crippen LogP contribution < -0.4 is 5.84 Å². The predicted molar refractivity (Wildman–Crippen MR) is 35.4 cm³/mol. The maximum absolute atomic E-state index is 4.72. The van der Waals surface area contributed by atoms with Gasteiger partial charge in [0.15, 0.2) is 0 Å². The Bertz CT molecular complexity index is 257. The summed E-state index contributed by atoms with van der Waals surface area (Å²) in [6, 6.07) is 0. The van der Waals surface area contributed by atoms with E-state index in [4.69, 9.17) is 5.84 Å². The second kappa shape index (κ2) is 3.34. The zero-order chi connectivity index (χ0) is 8.10. The zero-order valence-corrected chi connectivity index (χ0v) is 5.76. The molecule has 0 aliphatic rings. The van der Waals surface area contributed by atoms with Crippen molar-refractivity contribution in [3.05, 3.63) is 5.82 Å². The van der Waals surface area contributed by atoms with Crippen LogP contribution in [0.25, 0.3) is 0 Å². The molecule has 0 unspecified atom stereocenters. The van der Waals surface area contributed by atoms with Crippen LogP contribution in [-0.4, -0.2) is 26.3 Å². The lowest BCUT2D eigenvalue weighted by atomic mass is 10.4. The Kier molecular flexibility index (Phi) is 2.20. The average Bonchev–Trinajstić information content (AvgIpc) is 2.52. The van der Waals surface area contributed by atoms with E-state index in [0.29, 0.717) is 11.5 Å². The van der Waals surface area contributed by atoms with Crippen LogP contribution in [-0.2, 0) is 0 Å². The normalized spacial score (nSPS) is 12.6. The molecule has 0 aliphatic carbocycles. The van der Waals surface area contributed by atoms with Gasteiger partial charge < -0.3 is 5.84 Å². The summed E-state index contributed by atoms with van der Waals surface area (Å²) >= 11 is 0. The van der Waals surface area contributed by atoms with Gasteiger partial charge in [0.25, 0.3) is 0 Å².